The smallest absolute Gasteiger partial charge is 0.261 e. The predicted molar refractivity (Wildman–Crippen MR) is 73.9 cm³/mol. The van der Waals surface area contributed by atoms with Gasteiger partial charge in [-0.1, -0.05) is 15.9 Å². The van der Waals surface area contributed by atoms with Gasteiger partial charge in [0.25, 0.3) is 5.56 Å². The van der Waals surface area contributed by atoms with E-state index in [9.17, 15) is 4.79 Å². The maximum atomic E-state index is 12.4. The summed E-state index contributed by atoms with van der Waals surface area (Å²) >= 11 is 3.40. The first-order valence-corrected chi connectivity index (χ1v) is 6.83. The summed E-state index contributed by atoms with van der Waals surface area (Å²) in [6.07, 6.45) is 0.737. The van der Waals surface area contributed by atoms with Gasteiger partial charge in [-0.15, -0.1) is 0 Å². The molecule has 19 heavy (non-hydrogen) atoms. The van der Waals surface area contributed by atoms with E-state index < -0.39 is 0 Å². The molecule has 0 bridgehead atoms. The normalized spacial score (nSPS) is 17.9. The van der Waals surface area contributed by atoms with E-state index in [4.69, 9.17) is 4.89 Å². The van der Waals surface area contributed by atoms with Crippen molar-refractivity contribution in [3.05, 3.63) is 38.9 Å². The van der Waals surface area contributed by atoms with Crippen molar-refractivity contribution in [1.82, 2.24) is 9.55 Å². The van der Waals surface area contributed by atoms with E-state index in [1.807, 2.05) is 12.1 Å². The molecule has 1 aliphatic rings. The summed E-state index contributed by atoms with van der Waals surface area (Å²) in [6.45, 7) is 1.11. The van der Waals surface area contributed by atoms with Crippen molar-refractivity contribution in [2.45, 2.75) is 13.0 Å². The topological polar surface area (TPSA) is 53.4 Å². The predicted octanol–water partition coefficient (Wildman–Crippen LogP) is 1.91. The lowest BCUT2D eigenvalue weighted by atomic mass is 10.1. The van der Waals surface area contributed by atoms with E-state index in [0.29, 0.717) is 18.5 Å². The summed E-state index contributed by atoms with van der Waals surface area (Å²) in [5, 5.41) is 0.653. The molecule has 1 aromatic heterocycles. The fraction of sp³-hybridized carbons (Fsp3) is 0.385. The Morgan fingerprint density at radius 1 is 1.53 bits per heavy atom. The lowest BCUT2D eigenvalue weighted by molar-refractivity contribution is -0.279. The highest BCUT2D eigenvalue weighted by atomic mass is 79.9. The monoisotopic (exact) mass is 324 g/mol. The molecule has 0 fully saturated rings. The van der Waals surface area contributed by atoms with Crippen LogP contribution in [-0.4, -0.2) is 23.3 Å². The van der Waals surface area contributed by atoms with Gasteiger partial charge >= 0.3 is 0 Å². The summed E-state index contributed by atoms with van der Waals surface area (Å²) in [7, 11) is 1.48. The van der Waals surface area contributed by atoms with E-state index in [-0.39, 0.29) is 11.5 Å². The Labute approximate surface area is 118 Å². The molecule has 2 heterocycles. The molecule has 5 nitrogen and oxygen atoms in total. The summed E-state index contributed by atoms with van der Waals surface area (Å²) < 4.78 is 2.66. The van der Waals surface area contributed by atoms with Gasteiger partial charge in [-0.25, -0.2) is 14.8 Å². The Morgan fingerprint density at radius 3 is 3.16 bits per heavy atom. The van der Waals surface area contributed by atoms with Gasteiger partial charge in [-0.05, 0) is 18.2 Å². The molecule has 1 aliphatic heterocycles. The number of nitrogens with zero attached hydrogens (tertiary/aromatic N) is 2. The van der Waals surface area contributed by atoms with Crippen molar-refractivity contribution < 1.29 is 9.78 Å². The first-order valence-electron chi connectivity index (χ1n) is 6.03. The molecule has 0 spiro atoms. The Morgan fingerprint density at radius 2 is 2.37 bits per heavy atom. The third-order valence-corrected chi connectivity index (χ3v) is 3.82. The summed E-state index contributed by atoms with van der Waals surface area (Å²) in [5.41, 5.74) is 0.756. The van der Waals surface area contributed by atoms with Crippen LogP contribution in [0.4, 0.5) is 0 Å². The molecular weight excluding hydrogens is 312 g/mol. The number of aromatic nitrogens is 2. The number of halogens is 1. The molecule has 1 atom stereocenters. The average Bonchev–Trinajstić information content (AvgIpc) is 2.79. The standard InChI is InChI=1S/C13H13BrN2O3/c1-18-19-7-8-4-12-15-11-5-9(14)2-3-10(11)13(17)16(12)6-8/h2-3,5,8H,4,6-7H2,1H3. The molecule has 0 N–H and O–H groups in total. The fourth-order valence-electron chi connectivity index (χ4n) is 2.44. The van der Waals surface area contributed by atoms with E-state index >= 15 is 0 Å². The highest BCUT2D eigenvalue weighted by molar-refractivity contribution is 9.10. The van der Waals surface area contributed by atoms with Crippen LogP contribution in [0.15, 0.2) is 27.5 Å². The molecule has 2 aromatic rings. The lowest BCUT2D eigenvalue weighted by Crippen LogP contribution is -2.22. The Bertz CT molecular complexity index is 683. The Balaban J connectivity index is 2.03. The average molecular weight is 325 g/mol. The van der Waals surface area contributed by atoms with Gasteiger partial charge < -0.3 is 0 Å². The molecule has 1 unspecified atom stereocenters. The zero-order valence-corrected chi connectivity index (χ0v) is 12.0. The van der Waals surface area contributed by atoms with Gasteiger partial charge in [0.1, 0.15) is 5.82 Å². The van der Waals surface area contributed by atoms with Crippen molar-refractivity contribution in [3.8, 4) is 0 Å². The van der Waals surface area contributed by atoms with Crippen molar-refractivity contribution in [2.75, 3.05) is 13.7 Å². The van der Waals surface area contributed by atoms with Crippen molar-refractivity contribution in [2.24, 2.45) is 5.92 Å². The van der Waals surface area contributed by atoms with E-state index in [1.165, 1.54) is 7.11 Å². The van der Waals surface area contributed by atoms with Crippen molar-refractivity contribution >= 4 is 26.8 Å². The zero-order chi connectivity index (χ0) is 13.4. The summed E-state index contributed by atoms with van der Waals surface area (Å²) in [6, 6.07) is 5.54. The number of rotatable bonds is 3. The minimum atomic E-state index is 0.0208. The van der Waals surface area contributed by atoms with E-state index in [0.717, 1.165) is 22.2 Å². The Kier molecular flexibility index (Phi) is 3.38. The second-order valence-corrected chi connectivity index (χ2v) is 5.54. The largest absolute Gasteiger partial charge is 0.296 e. The SMILES string of the molecule is COOCC1Cc2nc3cc(Br)ccc3c(=O)n2C1. The van der Waals surface area contributed by atoms with Crippen LogP contribution in [0.5, 0.6) is 0 Å². The van der Waals surface area contributed by atoms with Crippen LogP contribution >= 0.6 is 15.9 Å². The second kappa shape index (κ2) is 5.03. The van der Waals surface area contributed by atoms with Crippen molar-refractivity contribution in [3.63, 3.8) is 0 Å². The van der Waals surface area contributed by atoms with Crippen LogP contribution in [0.3, 0.4) is 0 Å². The Hall–Kier alpha value is -1.24. The molecule has 3 rings (SSSR count). The number of benzene rings is 1. The molecule has 0 radical (unpaired) electrons. The molecule has 100 valence electrons. The van der Waals surface area contributed by atoms with Crippen LogP contribution in [-0.2, 0) is 22.7 Å². The van der Waals surface area contributed by atoms with Crippen LogP contribution in [0.25, 0.3) is 10.9 Å². The zero-order valence-electron chi connectivity index (χ0n) is 10.4. The lowest BCUT2D eigenvalue weighted by Gasteiger charge is -2.06. The number of fused-ring (bicyclic) bond motifs is 2. The first-order chi connectivity index (χ1) is 9.19. The first kappa shape index (κ1) is 12.8. The minimum Gasteiger partial charge on any atom is -0.296 e. The van der Waals surface area contributed by atoms with Crippen LogP contribution in [0.1, 0.15) is 5.82 Å². The van der Waals surface area contributed by atoms with Gasteiger partial charge in [0.15, 0.2) is 0 Å². The third kappa shape index (κ3) is 2.31. The summed E-state index contributed by atoms with van der Waals surface area (Å²) in [5.74, 6) is 1.06. The highest BCUT2D eigenvalue weighted by Gasteiger charge is 2.25. The molecule has 6 heteroatoms. The third-order valence-electron chi connectivity index (χ3n) is 3.33. The molecule has 0 saturated heterocycles. The number of hydrogen-bond donors (Lipinski definition) is 0. The van der Waals surface area contributed by atoms with E-state index in [1.54, 1.807) is 10.6 Å². The molecule has 0 saturated carbocycles. The fourth-order valence-corrected chi connectivity index (χ4v) is 2.79. The van der Waals surface area contributed by atoms with Gasteiger partial charge in [0.2, 0.25) is 0 Å². The highest BCUT2D eigenvalue weighted by Crippen LogP contribution is 2.21. The van der Waals surface area contributed by atoms with E-state index in [2.05, 4.69) is 25.8 Å². The van der Waals surface area contributed by atoms with Gasteiger partial charge in [0, 0.05) is 23.4 Å². The summed E-state index contributed by atoms with van der Waals surface area (Å²) in [4.78, 5) is 26.5. The van der Waals surface area contributed by atoms with Gasteiger partial charge in [-0.2, -0.15) is 0 Å². The molecule has 1 aromatic carbocycles. The number of hydrogen-bond acceptors (Lipinski definition) is 4. The maximum Gasteiger partial charge on any atom is 0.261 e. The van der Waals surface area contributed by atoms with Gasteiger partial charge in [-0.3, -0.25) is 9.36 Å². The van der Waals surface area contributed by atoms with Crippen LogP contribution in [0.2, 0.25) is 0 Å². The van der Waals surface area contributed by atoms with Crippen LogP contribution in [0, 0.1) is 5.92 Å². The van der Waals surface area contributed by atoms with Crippen molar-refractivity contribution in [1.29, 1.82) is 0 Å². The quantitative estimate of drug-likeness (QED) is 0.639. The second-order valence-electron chi connectivity index (χ2n) is 4.63. The maximum absolute atomic E-state index is 12.4. The van der Waals surface area contributed by atoms with Gasteiger partial charge in [0.05, 0.1) is 24.6 Å². The van der Waals surface area contributed by atoms with Crippen LogP contribution < -0.4 is 5.56 Å². The molecule has 0 aliphatic carbocycles. The minimum absolute atomic E-state index is 0.0208. The molecule has 0 amide bonds. The molecular formula is C13H13BrN2O3.